The van der Waals surface area contributed by atoms with Crippen LogP contribution in [0.15, 0.2) is 60.2 Å². The summed E-state index contributed by atoms with van der Waals surface area (Å²) < 4.78 is 28.0. The Bertz CT molecular complexity index is 1340. The maximum atomic E-state index is 11.6. The number of benzene rings is 3. The molecule has 1 aliphatic carbocycles. The standard InChI is InChI=1S/C30H30O7/c1-18-24(23-11-10-22(34-3)15-26(23)25(18)16-29(31)32)12-20-13-27(35-4)30(28(14-20)36-5)37-17-19-6-8-21(33-2)9-7-19/h6-15H,16-17H2,1-5H3,(H,31,32)/b24-12-. The van der Waals surface area contributed by atoms with Crippen molar-refractivity contribution in [1.29, 1.82) is 0 Å². The number of hydrogen-bond acceptors (Lipinski definition) is 6. The summed E-state index contributed by atoms with van der Waals surface area (Å²) in [6, 6.07) is 17.1. The molecule has 0 amide bonds. The van der Waals surface area contributed by atoms with Crippen molar-refractivity contribution >= 4 is 23.2 Å². The van der Waals surface area contributed by atoms with Gasteiger partial charge in [0.15, 0.2) is 11.5 Å². The van der Waals surface area contributed by atoms with Gasteiger partial charge in [0.2, 0.25) is 5.75 Å². The highest BCUT2D eigenvalue weighted by Gasteiger charge is 2.26. The topological polar surface area (TPSA) is 83.5 Å². The number of ether oxygens (including phenoxy) is 5. The zero-order valence-corrected chi connectivity index (χ0v) is 21.6. The fraction of sp³-hybridized carbons (Fsp3) is 0.233. The van der Waals surface area contributed by atoms with E-state index >= 15 is 0 Å². The molecule has 0 aromatic heterocycles. The summed E-state index contributed by atoms with van der Waals surface area (Å²) in [5.41, 5.74) is 6.23. The molecule has 0 heterocycles. The lowest BCUT2D eigenvalue weighted by Gasteiger charge is -2.16. The van der Waals surface area contributed by atoms with Gasteiger partial charge in [0, 0.05) is 0 Å². The molecule has 3 aromatic rings. The van der Waals surface area contributed by atoms with E-state index in [2.05, 4.69) is 0 Å². The smallest absolute Gasteiger partial charge is 0.307 e. The summed E-state index contributed by atoms with van der Waals surface area (Å²) in [6.07, 6.45) is 1.93. The van der Waals surface area contributed by atoms with Crippen molar-refractivity contribution < 1.29 is 33.6 Å². The molecule has 1 N–H and O–H groups in total. The fourth-order valence-electron chi connectivity index (χ4n) is 4.44. The Kier molecular flexibility index (Phi) is 7.72. The zero-order valence-electron chi connectivity index (χ0n) is 21.6. The Morgan fingerprint density at radius 2 is 1.43 bits per heavy atom. The quantitative estimate of drug-likeness (QED) is 0.358. The average molecular weight is 503 g/mol. The summed E-state index contributed by atoms with van der Waals surface area (Å²) in [5, 5.41) is 9.51. The van der Waals surface area contributed by atoms with Crippen molar-refractivity contribution in [3.8, 4) is 28.7 Å². The maximum Gasteiger partial charge on any atom is 0.307 e. The number of carbonyl (C=O) groups is 1. The van der Waals surface area contributed by atoms with Crippen molar-refractivity contribution in [2.24, 2.45) is 0 Å². The van der Waals surface area contributed by atoms with Crippen LogP contribution in [0.1, 0.15) is 35.6 Å². The second kappa shape index (κ2) is 11.1. The second-order valence-corrected chi connectivity index (χ2v) is 8.53. The third kappa shape index (κ3) is 5.40. The third-order valence-electron chi connectivity index (χ3n) is 6.36. The predicted molar refractivity (Wildman–Crippen MR) is 143 cm³/mol. The summed E-state index contributed by atoms with van der Waals surface area (Å²) in [7, 11) is 6.39. The van der Waals surface area contributed by atoms with Crippen molar-refractivity contribution in [3.05, 3.63) is 82.4 Å². The van der Waals surface area contributed by atoms with Gasteiger partial charge in [-0.3, -0.25) is 4.79 Å². The molecule has 0 bridgehead atoms. The number of carboxylic acid groups (broad SMARTS) is 1. The zero-order chi connectivity index (χ0) is 26.5. The molecule has 0 radical (unpaired) electrons. The predicted octanol–water partition coefficient (Wildman–Crippen LogP) is 6.10. The van der Waals surface area contributed by atoms with Crippen LogP contribution in [0.3, 0.4) is 0 Å². The normalized spacial score (nSPS) is 13.4. The minimum Gasteiger partial charge on any atom is -0.497 e. The van der Waals surface area contributed by atoms with E-state index < -0.39 is 5.97 Å². The first-order chi connectivity index (χ1) is 17.9. The number of rotatable bonds is 10. The molecule has 3 aromatic carbocycles. The van der Waals surface area contributed by atoms with Crippen molar-refractivity contribution in [2.75, 3.05) is 28.4 Å². The van der Waals surface area contributed by atoms with E-state index in [0.29, 0.717) is 29.6 Å². The number of methoxy groups -OCH3 is 4. The minimum atomic E-state index is -0.883. The van der Waals surface area contributed by atoms with Gasteiger partial charge in [-0.1, -0.05) is 18.2 Å². The highest BCUT2D eigenvalue weighted by molar-refractivity contribution is 6.07. The molecule has 0 saturated heterocycles. The van der Waals surface area contributed by atoms with Crippen LogP contribution >= 0.6 is 0 Å². The second-order valence-electron chi connectivity index (χ2n) is 8.53. The van der Waals surface area contributed by atoms with E-state index in [1.807, 2.05) is 67.6 Å². The van der Waals surface area contributed by atoms with Crippen LogP contribution in [0.25, 0.3) is 17.2 Å². The van der Waals surface area contributed by atoms with Gasteiger partial charge in [-0.15, -0.1) is 0 Å². The number of aliphatic carboxylic acids is 1. The molecule has 0 aliphatic heterocycles. The Labute approximate surface area is 216 Å². The fourth-order valence-corrected chi connectivity index (χ4v) is 4.44. The minimum absolute atomic E-state index is 0.0753. The van der Waals surface area contributed by atoms with Crippen LogP contribution in [0.2, 0.25) is 0 Å². The Hall–Kier alpha value is -4.39. The van der Waals surface area contributed by atoms with Crippen LogP contribution in [-0.4, -0.2) is 39.5 Å². The third-order valence-corrected chi connectivity index (χ3v) is 6.36. The summed E-state index contributed by atoms with van der Waals surface area (Å²) >= 11 is 0. The van der Waals surface area contributed by atoms with Crippen molar-refractivity contribution in [2.45, 2.75) is 20.0 Å². The van der Waals surface area contributed by atoms with E-state index in [4.69, 9.17) is 23.7 Å². The first kappa shape index (κ1) is 25.7. The molecule has 1 aliphatic rings. The molecule has 192 valence electrons. The lowest BCUT2D eigenvalue weighted by Crippen LogP contribution is -2.01. The number of carboxylic acids is 1. The van der Waals surface area contributed by atoms with Crippen LogP contribution in [0, 0.1) is 0 Å². The average Bonchev–Trinajstić information content (AvgIpc) is 3.16. The summed E-state index contributed by atoms with van der Waals surface area (Å²) in [6.45, 7) is 2.27. The number of fused-ring (bicyclic) bond motifs is 1. The van der Waals surface area contributed by atoms with Crippen molar-refractivity contribution in [1.82, 2.24) is 0 Å². The molecule has 4 rings (SSSR count). The van der Waals surface area contributed by atoms with Gasteiger partial charge in [0.25, 0.3) is 0 Å². The van der Waals surface area contributed by atoms with Gasteiger partial charge < -0.3 is 28.8 Å². The number of allylic oxidation sites excluding steroid dienone is 2. The van der Waals surface area contributed by atoms with Gasteiger partial charge in [-0.05, 0) is 88.4 Å². The van der Waals surface area contributed by atoms with E-state index in [1.165, 1.54) is 0 Å². The molecule has 37 heavy (non-hydrogen) atoms. The molecule has 0 atom stereocenters. The summed E-state index contributed by atoms with van der Waals surface area (Å²) in [4.78, 5) is 11.6. The molecular weight excluding hydrogens is 472 g/mol. The SMILES string of the molecule is COc1ccc(COc2c(OC)cc(/C=C3/C(C)=C(CC(=O)O)c4cc(OC)ccc43)cc2OC)cc1. The summed E-state index contributed by atoms with van der Waals surface area (Å²) in [5.74, 6) is 2.13. The van der Waals surface area contributed by atoms with Gasteiger partial charge in [0.1, 0.15) is 18.1 Å². The molecule has 0 unspecified atom stereocenters. The molecular formula is C30H30O7. The molecule has 0 fully saturated rings. The Balaban J connectivity index is 1.71. The highest BCUT2D eigenvalue weighted by Crippen LogP contribution is 2.46. The highest BCUT2D eigenvalue weighted by atomic mass is 16.5. The van der Waals surface area contributed by atoms with E-state index in [0.717, 1.165) is 44.7 Å². The van der Waals surface area contributed by atoms with E-state index in [9.17, 15) is 9.90 Å². The Morgan fingerprint density at radius 3 is 2.00 bits per heavy atom. The molecule has 7 heteroatoms. The van der Waals surface area contributed by atoms with Gasteiger partial charge in [-0.2, -0.15) is 0 Å². The van der Waals surface area contributed by atoms with Crippen molar-refractivity contribution in [3.63, 3.8) is 0 Å². The molecule has 0 saturated carbocycles. The van der Waals surface area contributed by atoms with Crippen LogP contribution < -0.4 is 23.7 Å². The van der Waals surface area contributed by atoms with Gasteiger partial charge in [0.05, 0.1) is 34.9 Å². The first-order valence-corrected chi connectivity index (χ1v) is 11.7. The molecule has 7 nitrogen and oxygen atoms in total. The van der Waals surface area contributed by atoms with Gasteiger partial charge >= 0.3 is 5.97 Å². The van der Waals surface area contributed by atoms with Crippen LogP contribution in [0.5, 0.6) is 28.7 Å². The monoisotopic (exact) mass is 502 g/mol. The van der Waals surface area contributed by atoms with Crippen LogP contribution in [-0.2, 0) is 11.4 Å². The lowest BCUT2D eigenvalue weighted by atomic mass is 10.00. The van der Waals surface area contributed by atoms with E-state index in [1.54, 1.807) is 28.4 Å². The first-order valence-electron chi connectivity index (χ1n) is 11.7. The number of hydrogen-bond donors (Lipinski definition) is 1. The molecule has 0 spiro atoms. The van der Waals surface area contributed by atoms with Crippen LogP contribution in [0.4, 0.5) is 0 Å². The Morgan fingerprint density at radius 1 is 0.811 bits per heavy atom. The van der Waals surface area contributed by atoms with Gasteiger partial charge in [-0.25, -0.2) is 0 Å². The lowest BCUT2D eigenvalue weighted by molar-refractivity contribution is -0.135. The van der Waals surface area contributed by atoms with E-state index in [-0.39, 0.29) is 6.42 Å². The maximum absolute atomic E-state index is 11.6. The largest absolute Gasteiger partial charge is 0.497 e.